The number of hydrogen-bond donors (Lipinski definition) is 1. The number of hydrogen-bond acceptors (Lipinski definition) is 5. The molecule has 0 bridgehead atoms. The molecule has 1 saturated heterocycles. The number of aliphatic carboxylic acids is 1. The molecule has 5 rings (SSSR count). The lowest BCUT2D eigenvalue weighted by atomic mass is 9.74. The van der Waals surface area contributed by atoms with Crippen molar-refractivity contribution in [3.8, 4) is 6.07 Å². The van der Waals surface area contributed by atoms with E-state index in [2.05, 4.69) is 6.07 Å². The normalized spacial score (nSPS) is 22.1. The number of carboxylic acid groups (broad SMARTS) is 1. The van der Waals surface area contributed by atoms with Crippen molar-refractivity contribution in [3.05, 3.63) is 128 Å². The topological polar surface area (TPSA) is 98.5 Å². The van der Waals surface area contributed by atoms with E-state index in [4.69, 9.17) is 11.6 Å². The molecule has 0 radical (unpaired) electrons. The summed E-state index contributed by atoms with van der Waals surface area (Å²) in [5, 5.41) is 22.3. The van der Waals surface area contributed by atoms with Crippen molar-refractivity contribution in [2.24, 2.45) is 5.92 Å². The molecular formula is C31H22ClFN2O4S. The summed E-state index contributed by atoms with van der Waals surface area (Å²) in [5.74, 6) is -4.86. The predicted molar refractivity (Wildman–Crippen MR) is 149 cm³/mol. The molecule has 4 unspecified atom stereocenters. The fourth-order valence-electron chi connectivity index (χ4n) is 5.60. The van der Waals surface area contributed by atoms with Gasteiger partial charge in [-0.2, -0.15) is 5.26 Å². The third kappa shape index (κ3) is 4.57. The van der Waals surface area contributed by atoms with Crippen LogP contribution in [-0.2, 0) is 4.79 Å². The second-order valence-electron chi connectivity index (χ2n) is 9.71. The van der Waals surface area contributed by atoms with Crippen molar-refractivity contribution in [2.75, 3.05) is 0 Å². The maximum Gasteiger partial charge on any atom is 0.330 e. The first-order valence-corrected chi connectivity index (χ1v) is 13.6. The predicted octanol–water partition coefficient (Wildman–Crippen LogP) is 6.74. The molecule has 1 aromatic heterocycles. The van der Waals surface area contributed by atoms with Gasteiger partial charge in [0.2, 0.25) is 0 Å². The first-order chi connectivity index (χ1) is 19.2. The van der Waals surface area contributed by atoms with Crippen molar-refractivity contribution in [1.82, 2.24) is 4.90 Å². The molecule has 0 spiro atoms. The van der Waals surface area contributed by atoms with Crippen LogP contribution in [0.25, 0.3) is 0 Å². The molecule has 40 heavy (non-hydrogen) atoms. The minimum Gasteiger partial charge on any atom is -0.479 e. The van der Waals surface area contributed by atoms with Gasteiger partial charge in [0.05, 0.1) is 23.6 Å². The van der Waals surface area contributed by atoms with Crippen LogP contribution in [0.5, 0.6) is 0 Å². The van der Waals surface area contributed by atoms with E-state index in [1.807, 2.05) is 0 Å². The van der Waals surface area contributed by atoms with Crippen LogP contribution in [0.1, 0.15) is 55.6 Å². The Morgan fingerprint density at radius 2 is 1.70 bits per heavy atom. The number of ketones is 1. The number of carbonyl (C=O) groups excluding carboxylic acids is 2. The summed E-state index contributed by atoms with van der Waals surface area (Å²) >= 11 is 7.53. The van der Waals surface area contributed by atoms with Gasteiger partial charge in [0.25, 0.3) is 5.91 Å². The number of carbonyl (C=O) groups is 3. The molecule has 3 aromatic carbocycles. The fraction of sp³-hybridized carbons (Fsp3) is 0.161. The van der Waals surface area contributed by atoms with E-state index in [1.54, 1.807) is 60.0 Å². The third-order valence-corrected chi connectivity index (χ3v) is 8.66. The second kappa shape index (κ2) is 10.7. The lowest BCUT2D eigenvalue weighted by Gasteiger charge is -2.37. The van der Waals surface area contributed by atoms with Crippen molar-refractivity contribution in [1.29, 1.82) is 5.26 Å². The molecule has 1 N–H and O–H groups in total. The van der Waals surface area contributed by atoms with E-state index in [0.29, 0.717) is 21.0 Å². The van der Waals surface area contributed by atoms with Crippen LogP contribution in [-0.4, -0.2) is 33.2 Å². The number of benzene rings is 3. The molecule has 4 aromatic rings. The zero-order valence-electron chi connectivity index (χ0n) is 21.1. The smallest absolute Gasteiger partial charge is 0.330 e. The highest BCUT2D eigenvalue weighted by Crippen LogP contribution is 2.57. The molecule has 1 aliphatic heterocycles. The maximum absolute atomic E-state index is 14.4. The summed E-state index contributed by atoms with van der Waals surface area (Å²) in [5.41, 5.74) is -0.670. The summed E-state index contributed by atoms with van der Waals surface area (Å²) in [4.78, 5) is 43.7. The van der Waals surface area contributed by atoms with Gasteiger partial charge in [0.15, 0.2) is 5.78 Å². The van der Waals surface area contributed by atoms with E-state index in [9.17, 15) is 29.1 Å². The Balaban J connectivity index is 1.81. The van der Waals surface area contributed by atoms with Gasteiger partial charge in [-0.1, -0.05) is 41.9 Å². The number of halogens is 2. The average Bonchev–Trinajstić information content (AvgIpc) is 3.57. The Morgan fingerprint density at radius 1 is 1.00 bits per heavy atom. The maximum atomic E-state index is 14.4. The van der Waals surface area contributed by atoms with E-state index in [-0.39, 0.29) is 16.9 Å². The number of rotatable bonds is 6. The Kier molecular flexibility index (Phi) is 7.28. The van der Waals surface area contributed by atoms with E-state index in [0.717, 1.165) is 12.1 Å². The number of nitrogens with zero attached hydrogens (tertiary/aromatic N) is 2. The zero-order valence-corrected chi connectivity index (χ0v) is 22.7. The largest absolute Gasteiger partial charge is 0.479 e. The van der Waals surface area contributed by atoms with Gasteiger partial charge in [-0.25, -0.2) is 9.18 Å². The number of Topliss-reactive ketones (excluding diaryl/α,β-unsaturated/α-hetero) is 1. The fourth-order valence-corrected chi connectivity index (χ4v) is 6.78. The monoisotopic (exact) mass is 572 g/mol. The Labute approximate surface area is 238 Å². The first-order valence-electron chi connectivity index (χ1n) is 12.3. The van der Waals surface area contributed by atoms with Gasteiger partial charge < -0.3 is 10.0 Å². The van der Waals surface area contributed by atoms with Gasteiger partial charge in [0, 0.05) is 26.9 Å². The van der Waals surface area contributed by atoms with Gasteiger partial charge >= 0.3 is 5.97 Å². The van der Waals surface area contributed by atoms with Gasteiger partial charge in [-0.15, -0.1) is 11.3 Å². The Hall–Kier alpha value is -4.32. The van der Waals surface area contributed by atoms with Crippen LogP contribution in [0.2, 0.25) is 5.02 Å². The number of amides is 1. The molecular weight excluding hydrogens is 551 g/mol. The number of nitriles is 1. The summed E-state index contributed by atoms with van der Waals surface area (Å²) in [6, 6.07) is 22.2. The molecule has 1 amide bonds. The molecule has 0 saturated carbocycles. The molecule has 2 heterocycles. The van der Waals surface area contributed by atoms with Gasteiger partial charge in [0.1, 0.15) is 11.4 Å². The number of thiophene rings is 1. The van der Waals surface area contributed by atoms with E-state index in [1.165, 1.54) is 41.4 Å². The average molecular weight is 573 g/mol. The van der Waals surface area contributed by atoms with Gasteiger partial charge in [-0.05, 0) is 72.5 Å². The highest BCUT2D eigenvalue weighted by Gasteiger charge is 2.65. The molecule has 200 valence electrons. The Morgan fingerprint density at radius 3 is 2.27 bits per heavy atom. The van der Waals surface area contributed by atoms with Crippen LogP contribution < -0.4 is 0 Å². The zero-order chi connectivity index (χ0) is 28.6. The minimum atomic E-state index is -1.88. The van der Waals surface area contributed by atoms with Crippen molar-refractivity contribution in [2.45, 2.75) is 24.4 Å². The Bertz CT molecular complexity index is 1630. The van der Waals surface area contributed by atoms with Crippen molar-refractivity contribution >= 4 is 40.6 Å². The molecule has 9 heteroatoms. The SMILES string of the molecule is CC1(C(=O)O)C(c2cccs2)C(C(=O)c2cccc(Cl)c2)C(c2ccc(C#N)cc2)N1C(=O)c1ccc(F)cc1. The summed E-state index contributed by atoms with van der Waals surface area (Å²) in [6.45, 7) is 1.45. The van der Waals surface area contributed by atoms with Crippen LogP contribution in [0.4, 0.5) is 4.39 Å². The lowest BCUT2D eigenvalue weighted by molar-refractivity contribution is -0.148. The second-order valence-corrected chi connectivity index (χ2v) is 11.1. The highest BCUT2D eigenvalue weighted by atomic mass is 35.5. The van der Waals surface area contributed by atoms with E-state index >= 15 is 0 Å². The number of carboxylic acids is 1. The van der Waals surface area contributed by atoms with Crippen molar-refractivity contribution in [3.63, 3.8) is 0 Å². The van der Waals surface area contributed by atoms with Gasteiger partial charge in [-0.3, -0.25) is 9.59 Å². The minimum absolute atomic E-state index is 0.0771. The van der Waals surface area contributed by atoms with Crippen LogP contribution in [0.15, 0.2) is 90.3 Å². The summed E-state index contributed by atoms with van der Waals surface area (Å²) in [7, 11) is 0. The highest BCUT2D eigenvalue weighted by molar-refractivity contribution is 7.10. The quantitative estimate of drug-likeness (QED) is 0.258. The molecule has 1 aliphatic rings. The standard InChI is InChI=1S/C31H22ClFN2O4S/c1-31(30(38)39)26(24-6-3-15-40-24)25(28(36)21-4-2-5-22(32)16-21)27(19-9-7-18(17-34)8-10-19)35(31)29(37)20-11-13-23(33)14-12-20/h2-16,25-27H,1H3,(H,38,39). The number of likely N-dealkylation sites (tertiary alicyclic amines) is 1. The van der Waals surface area contributed by atoms with Crippen molar-refractivity contribution < 1.29 is 23.9 Å². The molecule has 0 aliphatic carbocycles. The first kappa shape index (κ1) is 27.3. The molecule has 6 nitrogen and oxygen atoms in total. The summed E-state index contributed by atoms with van der Waals surface area (Å²) < 4.78 is 13.8. The summed E-state index contributed by atoms with van der Waals surface area (Å²) in [6.07, 6.45) is 0. The third-order valence-electron chi connectivity index (χ3n) is 7.47. The molecule has 4 atom stereocenters. The van der Waals surface area contributed by atoms with Crippen LogP contribution in [0.3, 0.4) is 0 Å². The molecule has 1 fully saturated rings. The van der Waals surface area contributed by atoms with Crippen LogP contribution in [0, 0.1) is 23.1 Å². The van der Waals surface area contributed by atoms with E-state index < -0.39 is 41.1 Å². The lowest BCUT2D eigenvalue weighted by Crippen LogP contribution is -2.54. The van der Waals surface area contributed by atoms with Crippen LogP contribution >= 0.6 is 22.9 Å².